The molecule has 2 rings (SSSR count). The van der Waals surface area contributed by atoms with Gasteiger partial charge in [0.15, 0.2) is 6.10 Å². The summed E-state index contributed by atoms with van der Waals surface area (Å²) in [4.78, 5) is 34.4. The number of carboxylic acids is 1. The third-order valence-electron chi connectivity index (χ3n) is 3.99. The summed E-state index contributed by atoms with van der Waals surface area (Å²) in [6.45, 7) is -0.282. The van der Waals surface area contributed by atoms with Crippen LogP contribution < -0.4 is 5.32 Å². The average molecular weight is 283 g/mol. The van der Waals surface area contributed by atoms with Gasteiger partial charge < -0.3 is 20.3 Å². The number of nitrogens with one attached hydrogen (secondary N) is 1. The van der Waals surface area contributed by atoms with E-state index < -0.39 is 35.8 Å². The average Bonchev–Trinajstić information content (AvgIpc) is 3.03. The van der Waals surface area contributed by atoms with Gasteiger partial charge >= 0.3 is 11.9 Å². The fraction of sp³-hybridized carbons (Fsp3) is 0.615. The van der Waals surface area contributed by atoms with Crippen LogP contribution in [0.5, 0.6) is 0 Å². The van der Waals surface area contributed by atoms with Crippen LogP contribution in [0, 0.1) is 23.7 Å². The van der Waals surface area contributed by atoms with E-state index in [9.17, 15) is 24.6 Å². The Morgan fingerprint density at radius 2 is 1.90 bits per heavy atom. The van der Waals surface area contributed by atoms with Gasteiger partial charge in [-0.1, -0.05) is 12.2 Å². The highest BCUT2D eigenvalue weighted by Crippen LogP contribution is 2.48. The monoisotopic (exact) mass is 283 g/mol. The van der Waals surface area contributed by atoms with E-state index in [-0.39, 0.29) is 18.4 Å². The maximum atomic E-state index is 12.1. The zero-order chi connectivity index (χ0) is 14.9. The van der Waals surface area contributed by atoms with Crippen LogP contribution in [0.2, 0.25) is 0 Å². The maximum Gasteiger partial charge on any atom is 0.336 e. The molecule has 7 nitrogen and oxygen atoms in total. The summed E-state index contributed by atoms with van der Waals surface area (Å²) in [6.07, 6.45) is 2.93. The Kier molecular flexibility index (Phi) is 4.08. The lowest BCUT2D eigenvalue weighted by atomic mass is 9.82. The number of hydrogen-bond donors (Lipinski definition) is 3. The summed E-state index contributed by atoms with van der Waals surface area (Å²) in [7, 11) is 1.13. The van der Waals surface area contributed by atoms with E-state index in [4.69, 9.17) is 0 Å². The molecular weight excluding hydrogens is 266 g/mol. The number of fused-ring (bicyclic) bond motifs is 2. The van der Waals surface area contributed by atoms with Gasteiger partial charge in [-0.3, -0.25) is 9.59 Å². The number of allylic oxidation sites excluding steroid dienone is 2. The quantitative estimate of drug-likeness (QED) is 0.448. The van der Waals surface area contributed by atoms with E-state index in [1.165, 1.54) is 0 Å². The lowest BCUT2D eigenvalue weighted by Gasteiger charge is -2.24. The van der Waals surface area contributed by atoms with Crippen molar-refractivity contribution in [3.63, 3.8) is 0 Å². The molecule has 0 spiro atoms. The first kappa shape index (κ1) is 14.5. The molecule has 0 aliphatic heterocycles. The molecule has 0 saturated heterocycles. The van der Waals surface area contributed by atoms with Crippen molar-refractivity contribution < 1.29 is 29.3 Å². The van der Waals surface area contributed by atoms with Crippen LogP contribution in [0.15, 0.2) is 12.2 Å². The van der Waals surface area contributed by atoms with Gasteiger partial charge in [0.05, 0.1) is 25.5 Å². The summed E-state index contributed by atoms with van der Waals surface area (Å²) in [5.41, 5.74) is 0. The zero-order valence-corrected chi connectivity index (χ0v) is 11.0. The smallest absolute Gasteiger partial charge is 0.336 e. The van der Waals surface area contributed by atoms with Crippen LogP contribution in [0.25, 0.3) is 0 Å². The highest BCUT2D eigenvalue weighted by molar-refractivity contribution is 5.87. The molecule has 0 radical (unpaired) electrons. The maximum absolute atomic E-state index is 12.1. The fourth-order valence-electron chi connectivity index (χ4n) is 3.05. The van der Waals surface area contributed by atoms with E-state index in [0.29, 0.717) is 6.42 Å². The first-order valence-corrected chi connectivity index (χ1v) is 6.40. The number of aliphatic hydroxyl groups is 1. The number of esters is 1. The number of methoxy groups -OCH3 is 1. The Morgan fingerprint density at radius 1 is 1.30 bits per heavy atom. The molecule has 5 unspecified atom stereocenters. The largest absolute Gasteiger partial charge is 0.481 e. The van der Waals surface area contributed by atoms with E-state index in [2.05, 4.69) is 10.1 Å². The molecule has 1 amide bonds. The van der Waals surface area contributed by atoms with Crippen LogP contribution in [0.3, 0.4) is 0 Å². The number of carboxylic acid groups (broad SMARTS) is 1. The second-order valence-electron chi connectivity index (χ2n) is 5.12. The van der Waals surface area contributed by atoms with Crippen molar-refractivity contribution in [1.29, 1.82) is 0 Å². The van der Waals surface area contributed by atoms with E-state index in [1.807, 2.05) is 12.2 Å². The predicted molar refractivity (Wildman–Crippen MR) is 66.4 cm³/mol. The summed E-state index contributed by atoms with van der Waals surface area (Å²) >= 11 is 0. The van der Waals surface area contributed by atoms with Crippen molar-refractivity contribution in [2.75, 3.05) is 13.7 Å². The normalized spacial score (nSPS) is 31.9. The minimum atomic E-state index is -1.44. The molecule has 0 heterocycles. The van der Waals surface area contributed by atoms with E-state index in [0.717, 1.165) is 7.11 Å². The molecule has 2 aliphatic rings. The molecule has 3 N–H and O–H groups in total. The molecule has 0 aromatic rings. The molecule has 7 heteroatoms. The van der Waals surface area contributed by atoms with Gasteiger partial charge in [-0.2, -0.15) is 0 Å². The molecule has 1 fully saturated rings. The number of amides is 1. The Bertz CT molecular complexity index is 460. The van der Waals surface area contributed by atoms with E-state index >= 15 is 0 Å². The van der Waals surface area contributed by atoms with Crippen LogP contribution in [0.4, 0.5) is 0 Å². The van der Waals surface area contributed by atoms with Crippen molar-refractivity contribution in [3.05, 3.63) is 12.2 Å². The number of aliphatic carboxylic acids is 1. The highest BCUT2D eigenvalue weighted by Gasteiger charge is 2.51. The third kappa shape index (κ3) is 2.53. The predicted octanol–water partition coefficient (Wildman–Crippen LogP) is -0.841. The van der Waals surface area contributed by atoms with Gasteiger partial charge in [0.2, 0.25) is 5.91 Å². The lowest BCUT2D eigenvalue weighted by molar-refractivity contribution is -0.151. The molecule has 2 aliphatic carbocycles. The molecule has 0 aromatic carbocycles. The van der Waals surface area contributed by atoms with Crippen molar-refractivity contribution in [2.45, 2.75) is 12.5 Å². The molecule has 110 valence electrons. The molecule has 0 aromatic heterocycles. The van der Waals surface area contributed by atoms with Crippen LogP contribution in [-0.4, -0.2) is 47.8 Å². The number of aliphatic hydroxyl groups excluding tert-OH is 1. The SMILES string of the molecule is COC(=O)C(O)CNC(=O)C1C2C=CC(C2)C1C(=O)O. The lowest BCUT2D eigenvalue weighted by Crippen LogP contribution is -2.44. The van der Waals surface area contributed by atoms with Crippen LogP contribution in [0.1, 0.15) is 6.42 Å². The number of carbonyl (C=O) groups excluding carboxylic acids is 2. The number of rotatable bonds is 5. The van der Waals surface area contributed by atoms with Crippen LogP contribution >= 0.6 is 0 Å². The van der Waals surface area contributed by atoms with Crippen molar-refractivity contribution in [2.24, 2.45) is 23.7 Å². The van der Waals surface area contributed by atoms with Crippen molar-refractivity contribution >= 4 is 17.8 Å². The summed E-state index contributed by atoms with van der Waals surface area (Å²) < 4.78 is 4.33. The second kappa shape index (κ2) is 5.62. The minimum Gasteiger partial charge on any atom is -0.481 e. The summed E-state index contributed by atoms with van der Waals surface area (Å²) in [5.74, 6) is -3.86. The second-order valence-corrected chi connectivity index (χ2v) is 5.12. The Balaban J connectivity index is 1.97. The summed E-state index contributed by atoms with van der Waals surface area (Å²) in [6, 6.07) is 0. The zero-order valence-electron chi connectivity index (χ0n) is 11.0. The highest BCUT2D eigenvalue weighted by atomic mass is 16.5. The number of hydrogen-bond acceptors (Lipinski definition) is 5. The van der Waals surface area contributed by atoms with Gasteiger partial charge in [-0.05, 0) is 18.3 Å². The van der Waals surface area contributed by atoms with Gasteiger partial charge in [0, 0.05) is 0 Å². The topological polar surface area (TPSA) is 113 Å². The van der Waals surface area contributed by atoms with Gasteiger partial charge in [0.25, 0.3) is 0 Å². The van der Waals surface area contributed by atoms with Gasteiger partial charge in [-0.15, -0.1) is 0 Å². The molecule has 20 heavy (non-hydrogen) atoms. The first-order chi connectivity index (χ1) is 9.45. The summed E-state index contributed by atoms with van der Waals surface area (Å²) in [5, 5.41) is 21.0. The standard InChI is InChI=1S/C13H17NO6/c1-20-13(19)8(15)5-14-11(16)9-6-2-3-7(4-6)10(9)12(17)18/h2-3,6-10,15H,4-5H2,1H3,(H,14,16)(H,17,18). The number of carbonyl (C=O) groups is 3. The van der Waals surface area contributed by atoms with Crippen molar-refractivity contribution in [1.82, 2.24) is 5.32 Å². The Morgan fingerprint density at radius 3 is 2.45 bits per heavy atom. The minimum absolute atomic E-state index is 0.0867. The molecule has 5 atom stereocenters. The molecule has 2 bridgehead atoms. The van der Waals surface area contributed by atoms with Gasteiger partial charge in [-0.25, -0.2) is 4.79 Å². The Hall–Kier alpha value is -1.89. The molecule has 1 saturated carbocycles. The third-order valence-corrected chi connectivity index (χ3v) is 3.99. The van der Waals surface area contributed by atoms with Crippen molar-refractivity contribution in [3.8, 4) is 0 Å². The van der Waals surface area contributed by atoms with Crippen LogP contribution in [-0.2, 0) is 19.1 Å². The first-order valence-electron chi connectivity index (χ1n) is 6.40. The van der Waals surface area contributed by atoms with Gasteiger partial charge in [0.1, 0.15) is 0 Å². The Labute approximate surface area is 115 Å². The number of ether oxygens (including phenoxy) is 1. The fourth-order valence-corrected chi connectivity index (χ4v) is 3.05. The molecular formula is C13H17NO6. The van der Waals surface area contributed by atoms with E-state index in [1.54, 1.807) is 0 Å².